The quantitative estimate of drug-likeness (QED) is 0.661. The fraction of sp³-hybridized carbons (Fsp3) is 0.385. The first kappa shape index (κ1) is 10.8. The molecule has 1 aromatic carbocycles. The summed E-state index contributed by atoms with van der Waals surface area (Å²) in [5.41, 5.74) is 3.94. The van der Waals surface area contributed by atoms with Gasteiger partial charge >= 0.3 is 0 Å². The van der Waals surface area contributed by atoms with Crippen molar-refractivity contribution in [3.05, 3.63) is 41.5 Å². The molecular formula is C13H18O. The van der Waals surface area contributed by atoms with Gasteiger partial charge in [0.1, 0.15) is 5.75 Å². The van der Waals surface area contributed by atoms with Crippen LogP contribution in [0.25, 0.3) is 0 Å². The Labute approximate surface area is 86.4 Å². The van der Waals surface area contributed by atoms with E-state index in [9.17, 15) is 0 Å². The molecule has 0 atom stereocenters. The van der Waals surface area contributed by atoms with Crippen LogP contribution in [-0.4, -0.2) is 6.61 Å². The number of hydrogen-bond acceptors (Lipinski definition) is 1. The van der Waals surface area contributed by atoms with Gasteiger partial charge in [-0.15, -0.1) is 6.58 Å². The summed E-state index contributed by atoms with van der Waals surface area (Å²) in [6, 6.07) is 4.19. The van der Waals surface area contributed by atoms with Gasteiger partial charge in [-0.2, -0.15) is 0 Å². The lowest BCUT2D eigenvalue weighted by Gasteiger charge is -2.11. The molecule has 0 heterocycles. The van der Waals surface area contributed by atoms with Crippen molar-refractivity contribution in [1.29, 1.82) is 0 Å². The van der Waals surface area contributed by atoms with Gasteiger partial charge in [-0.1, -0.05) is 6.08 Å². The molecule has 0 aliphatic heterocycles. The van der Waals surface area contributed by atoms with Crippen LogP contribution in [0, 0.1) is 13.8 Å². The van der Waals surface area contributed by atoms with E-state index in [1.165, 1.54) is 16.7 Å². The highest BCUT2D eigenvalue weighted by molar-refractivity contribution is 5.41. The fourth-order valence-corrected chi connectivity index (χ4v) is 1.67. The molecule has 1 nitrogen and oxygen atoms in total. The Morgan fingerprint density at radius 1 is 1.29 bits per heavy atom. The van der Waals surface area contributed by atoms with Crippen LogP contribution in [0.15, 0.2) is 24.8 Å². The summed E-state index contributed by atoms with van der Waals surface area (Å²) >= 11 is 0. The van der Waals surface area contributed by atoms with Crippen molar-refractivity contribution in [2.75, 3.05) is 6.61 Å². The maximum Gasteiger partial charge on any atom is 0.119 e. The van der Waals surface area contributed by atoms with E-state index in [4.69, 9.17) is 4.74 Å². The summed E-state index contributed by atoms with van der Waals surface area (Å²) in [5.74, 6) is 0.968. The molecule has 0 fully saturated rings. The molecule has 0 saturated carbocycles. The van der Waals surface area contributed by atoms with Gasteiger partial charge in [-0.05, 0) is 56.0 Å². The number of rotatable bonds is 4. The molecule has 0 spiro atoms. The second-order valence-electron chi connectivity index (χ2n) is 3.46. The summed E-state index contributed by atoms with van der Waals surface area (Å²) in [5, 5.41) is 0. The Hall–Kier alpha value is -1.24. The van der Waals surface area contributed by atoms with Gasteiger partial charge in [0.05, 0.1) is 6.61 Å². The second-order valence-corrected chi connectivity index (χ2v) is 3.46. The van der Waals surface area contributed by atoms with Crippen molar-refractivity contribution in [3.8, 4) is 5.75 Å². The largest absolute Gasteiger partial charge is 0.494 e. The maximum absolute atomic E-state index is 5.47. The number of hydrogen-bond donors (Lipinski definition) is 0. The summed E-state index contributed by atoms with van der Waals surface area (Å²) in [6.07, 6.45) is 2.87. The first-order valence-electron chi connectivity index (χ1n) is 5.02. The molecule has 1 aromatic rings. The van der Waals surface area contributed by atoms with Crippen LogP contribution < -0.4 is 4.74 Å². The number of ether oxygens (including phenoxy) is 1. The van der Waals surface area contributed by atoms with E-state index in [2.05, 4.69) is 32.6 Å². The molecule has 0 aromatic heterocycles. The molecule has 0 saturated heterocycles. The zero-order valence-electron chi connectivity index (χ0n) is 9.26. The third-order valence-electron chi connectivity index (χ3n) is 2.33. The molecule has 14 heavy (non-hydrogen) atoms. The number of allylic oxidation sites excluding steroid dienone is 1. The molecule has 0 N–H and O–H groups in total. The zero-order chi connectivity index (χ0) is 10.6. The Bertz CT molecular complexity index is 303. The lowest BCUT2D eigenvalue weighted by Crippen LogP contribution is -1.97. The van der Waals surface area contributed by atoms with Crippen LogP contribution >= 0.6 is 0 Å². The number of aryl methyl sites for hydroxylation is 2. The SMILES string of the molecule is C=CCc1c(C)cc(OCC)cc1C. The fourth-order valence-electron chi connectivity index (χ4n) is 1.67. The molecule has 0 aliphatic carbocycles. The minimum absolute atomic E-state index is 0.722. The van der Waals surface area contributed by atoms with Crippen LogP contribution in [0.3, 0.4) is 0 Å². The predicted octanol–water partition coefficient (Wildman–Crippen LogP) is 3.43. The Kier molecular flexibility index (Phi) is 3.75. The number of benzene rings is 1. The lowest BCUT2D eigenvalue weighted by atomic mass is 10.00. The summed E-state index contributed by atoms with van der Waals surface area (Å²) in [6.45, 7) is 10.7. The van der Waals surface area contributed by atoms with Gasteiger partial charge in [0.2, 0.25) is 0 Å². The predicted molar refractivity (Wildman–Crippen MR) is 61.0 cm³/mol. The molecule has 0 amide bonds. The normalized spacial score (nSPS) is 9.93. The van der Waals surface area contributed by atoms with Crippen LogP contribution in [0.5, 0.6) is 5.75 Å². The molecule has 0 radical (unpaired) electrons. The van der Waals surface area contributed by atoms with E-state index in [-0.39, 0.29) is 0 Å². The summed E-state index contributed by atoms with van der Waals surface area (Å²) in [4.78, 5) is 0. The van der Waals surface area contributed by atoms with E-state index in [0.29, 0.717) is 0 Å². The second kappa shape index (κ2) is 4.85. The standard InChI is InChI=1S/C13H18O/c1-5-7-13-10(3)8-12(14-6-2)9-11(13)4/h5,8-9H,1,6-7H2,2-4H3. The molecule has 0 bridgehead atoms. The van der Waals surface area contributed by atoms with Crippen LogP contribution in [0.4, 0.5) is 0 Å². The van der Waals surface area contributed by atoms with E-state index >= 15 is 0 Å². The first-order chi connectivity index (χ1) is 6.69. The van der Waals surface area contributed by atoms with Gasteiger partial charge in [-0.3, -0.25) is 0 Å². The molecule has 1 heteroatoms. The molecule has 0 unspecified atom stereocenters. The highest BCUT2D eigenvalue weighted by Crippen LogP contribution is 2.22. The van der Waals surface area contributed by atoms with Crippen molar-refractivity contribution in [1.82, 2.24) is 0 Å². The third-order valence-corrected chi connectivity index (χ3v) is 2.33. The minimum Gasteiger partial charge on any atom is -0.494 e. The van der Waals surface area contributed by atoms with E-state index < -0.39 is 0 Å². The Morgan fingerprint density at radius 2 is 1.86 bits per heavy atom. The van der Waals surface area contributed by atoms with Gasteiger partial charge in [0.25, 0.3) is 0 Å². The van der Waals surface area contributed by atoms with Gasteiger partial charge in [-0.25, -0.2) is 0 Å². The van der Waals surface area contributed by atoms with Crippen molar-refractivity contribution in [3.63, 3.8) is 0 Å². The average molecular weight is 190 g/mol. The lowest BCUT2D eigenvalue weighted by molar-refractivity contribution is 0.339. The third kappa shape index (κ3) is 2.38. The van der Waals surface area contributed by atoms with Crippen molar-refractivity contribution in [2.45, 2.75) is 27.2 Å². The Morgan fingerprint density at radius 3 is 2.29 bits per heavy atom. The van der Waals surface area contributed by atoms with Gasteiger partial charge in [0, 0.05) is 0 Å². The first-order valence-corrected chi connectivity index (χ1v) is 5.02. The molecule has 1 rings (SSSR count). The highest BCUT2D eigenvalue weighted by atomic mass is 16.5. The van der Waals surface area contributed by atoms with E-state index in [1.807, 2.05) is 13.0 Å². The minimum atomic E-state index is 0.722. The topological polar surface area (TPSA) is 9.23 Å². The zero-order valence-corrected chi connectivity index (χ0v) is 9.26. The Balaban J connectivity index is 3.04. The van der Waals surface area contributed by atoms with E-state index in [1.54, 1.807) is 0 Å². The van der Waals surface area contributed by atoms with Crippen LogP contribution in [0.1, 0.15) is 23.6 Å². The van der Waals surface area contributed by atoms with Crippen molar-refractivity contribution in [2.24, 2.45) is 0 Å². The van der Waals surface area contributed by atoms with E-state index in [0.717, 1.165) is 18.8 Å². The molecule has 0 aliphatic rings. The summed E-state index contributed by atoms with van der Waals surface area (Å²) < 4.78 is 5.47. The average Bonchev–Trinajstić information content (AvgIpc) is 2.12. The maximum atomic E-state index is 5.47. The van der Waals surface area contributed by atoms with Crippen LogP contribution in [0.2, 0.25) is 0 Å². The molecular weight excluding hydrogens is 172 g/mol. The van der Waals surface area contributed by atoms with Gasteiger partial charge < -0.3 is 4.74 Å². The monoisotopic (exact) mass is 190 g/mol. The molecule has 76 valence electrons. The van der Waals surface area contributed by atoms with Crippen molar-refractivity contribution >= 4 is 0 Å². The van der Waals surface area contributed by atoms with Crippen LogP contribution in [-0.2, 0) is 6.42 Å². The smallest absolute Gasteiger partial charge is 0.119 e. The van der Waals surface area contributed by atoms with Crippen molar-refractivity contribution < 1.29 is 4.74 Å². The highest BCUT2D eigenvalue weighted by Gasteiger charge is 2.03. The van der Waals surface area contributed by atoms with Gasteiger partial charge in [0.15, 0.2) is 0 Å². The summed E-state index contributed by atoms with van der Waals surface area (Å²) in [7, 11) is 0.